The molecule has 4 nitrogen and oxygen atoms in total. The zero-order valence-corrected chi connectivity index (χ0v) is 8.42. The first-order valence-electron chi connectivity index (χ1n) is 4.53. The zero-order valence-electron chi connectivity index (χ0n) is 8.42. The number of aromatic amines is 1. The van der Waals surface area contributed by atoms with Crippen molar-refractivity contribution in [1.82, 2.24) is 15.4 Å². The first-order chi connectivity index (χ1) is 6.20. The fourth-order valence-electron chi connectivity index (χ4n) is 0.910. The van der Waals surface area contributed by atoms with Crippen LogP contribution >= 0.6 is 0 Å². The van der Waals surface area contributed by atoms with Gasteiger partial charge in [-0.05, 0) is 12.8 Å². The van der Waals surface area contributed by atoms with Gasteiger partial charge in [-0.2, -0.15) is 5.48 Å². The summed E-state index contributed by atoms with van der Waals surface area (Å²) in [7, 11) is 0. The van der Waals surface area contributed by atoms with Crippen molar-refractivity contribution in [2.24, 2.45) is 5.92 Å². The fraction of sp³-hybridized carbons (Fsp3) is 0.667. The molecule has 0 amide bonds. The number of H-pyrrole nitrogens is 1. The molecule has 0 aromatic carbocycles. The summed E-state index contributed by atoms with van der Waals surface area (Å²) < 4.78 is 0. The maximum atomic E-state index is 5.22. The van der Waals surface area contributed by atoms with Gasteiger partial charge in [-0.3, -0.25) is 0 Å². The third-order valence-electron chi connectivity index (χ3n) is 1.69. The molecule has 74 valence electrons. The van der Waals surface area contributed by atoms with Crippen LogP contribution in [0.15, 0.2) is 6.33 Å². The topological polar surface area (TPSA) is 49.9 Å². The molecule has 0 atom stereocenters. The number of hydrogen-bond donors (Lipinski definition) is 2. The van der Waals surface area contributed by atoms with E-state index in [1.54, 1.807) is 6.33 Å². The smallest absolute Gasteiger partial charge is 0.0925 e. The van der Waals surface area contributed by atoms with Crippen LogP contribution in [-0.4, -0.2) is 16.6 Å². The van der Waals surface area contributed by atoms with Crippen LogP contribution in [0, 0.1) is 12.8 Å². The lowest BCUT2D eigenvalue weighted by molar-refractivity contribution is 0.0190. The quantitative estimate of drug-likeness (QED) is 0.536. The average molecular weight is 183 g/mol. The highest BCUT2D eigenvalue weighted by Gasteiger charge is 1.99. The Labute approximate surface area is 78.7 Å². The summed E-state index contributed by atoms with van der Waals surface area (Å²) in [6, 6.07) is 0. The molecule has 1 heterocycles. The van der Waals surface area contributed by atoms with Crippen LogP contribution in [-0.2, 0) is 11.4 Å². The van der Waals surface area contributed by atoms with Gasteiger partial charge in [0.1, 0.15) is 0 Å². The Morgan fingerprint density at radius 3 is 2.92 bits per heavy atom. The second-order valence-corrected chi connectivity index (χ2v) is 3.50. The molecule has 1 aromatic rings. The Morgan fingerprint density at radius 1 is 1.62 bits per heavy atom. The molecule has 1 rings (SSSR count). The van der Waals surface area contributed by atoms with Crippen LogP contribution in [0.1, 0.15) is 25.2 Å². The molecule has 0 aliphatic carbocycles. The van der Waals surface area contributed by atoms with E-state index in [4.69, 9.17) is 4.84 Å². The Balaban J connectivity index is 2.17. The Morgan fingerprint density at radius 2 is 2.38 bits per heavy atom. The van der Waals surface area contributed by atoms with E-state index in [9.17, 15) is 0 Å². The van der Waals surface area contributed by atoms with Gasteiger partial charge in [-0.25, -0.2) is 4.98 Å². The van der Waals surface area contributed by atoms with Crippen LogP contribution < -0.4 is 5.48 Å². The lowest BCUT2D eigenvalue weighted by atomic mass is 10.2. The number of nitrogens with one attached hydrogen (secondary N) is 2. The number of aromatic nitrogens is 2. The number of imidazole rings is 1. The van der Waals surface area contributed by atoms with Gasteiger partial charge in [-0.15, -0.1) is 0 Å². The predicted molar refractivity (Wildman–Crippen MR) is 51.0 cm³/mol. The van der Waals surface area contributed by atoms with Gasteiger partial charge < -0.3 is 9.82 Å². The molecule has 0 unspecified atom stereocenters. The van der Waals surface area contributed by atoms with Gasteiger partial charge in [-0.1, -0.05) is 13.8 Å². The minimum absolute atomic E-state index is 0.549. The molecule has 13 heavy (non-hydrogen) atoms. The largest absolute Gasteiger partial charge is 0.348 e. The van der Waals surface area contributed by atoms with Gasteiger partial charge in [0.05, 0.1) is 25.2 Å². The first-order valence-corrected chi connectivity index (χ1v) is 4.53. The highest BCUT2D eigenvalue weighted by Crippen LogP contribution is 1.99. The highest BCUT2D eigenvalue weighted by atomic mass is 16.6. The van der Waals surface area contributed by atoms with Crippen molar-refractivity contribution in [2.75, 3.05) is 6.61 Å². The van der Waals surface area contributed by atoms with Crippen molar-refractivity contribution in [1.29, 1.82) is 0 Å². The van der Waals surface area contributed by atoms with Crippen LogP contribution in [0.4, 0.5) is 0 Å². The third-order valence-corrected chi connectivity index (χ3v) is 1.69. The van der Waals surface area contributed by atoms with Crippen molar-refractivity contribution in [2.45, 2.75) is 27.3 Å². The summed E-state index contributed by atoms with van der Waals surface area (Å²) in [5, 5.41) is 0. The third kappa shape index (κ3) is 3.57. The van der Waals surface area contributed by atoms with E-state index in [0.29, 0.717) is 12.5 Å². The van der Waals surface area contributed by atoms with E-state index in [2.05, 4.69) is 29.3 Å². The maximum Gasteiger partial charge on any atom is 0.0925 e. The zero-order chi connectivity index (χ0) is 9.68. The summed E-state index contributed by atoms with van der Waals surface area (Å²) in [5.41, 5.74) is 4.96. The first kappa shape index (κ1) is 10.2. The number of nitrogens with zero attached hydrogens (tertiary/aromatic N) is 1. The monoisotopic (exact) mass is 183 g/mol. The molecule has 2 N–H and O–H groups in total. The maximum absolute atomic E-state index is 5.22. The lowest BCUT2D eigenvalue weighted by Crippen LogP contribution is -2.18. The summed E-state index contributed by atoms with van der Waals surface area (Å²) in [4.78, 5) is 12.4. The van der Waals surface area contributed by atoms with Crippen LogP contribution in [0.2, 0.25) is 0 Å². The molecular weight excluding hydrogens is 166 g/mol. The Kier molecular flexibility index (Phi) is 3.92. The Hall–Kier alpha value is -0.870. The number of hydrogen-bond acceptors (Lipinski definition) is 3. The molecule has 0 fully saturated rings. The second-order valence-electron chi connectivity index (χ2n) is 3.50. The van der Waals surface area contributed by atoms with Gasteiger partial charge in [0.15, 0.2) is 0 Å². The van der Waals surface area contributed by atoms with Crippen LogP contribution in [0.5, 0.6) is 0 Å². The van der Waals surface area contributed by atoms with Gasteiger partial charge >= 0.3 is 0 Å². The second kappa shape index (κ2) is 4.99. The van der Waals surface area contributed by atoms with E-state index in [1.807, 2.05) is 6.92 Å². The lowest BCUT2D eigenvalue weighted by Gasteiger charge is -2.06. The van der Waals surface area contributed by atoms with E-state index < -0.39 is 0 Å². The van der Waals surface area contributed by atoms with E-state index >= 15 is 0 Å². The predicted octanol–water partition coefficient (Wildman–Crippen LogP) is 1.40. The molecule has 0 saturated carbocycles. The van der Waals surface area contributed by atoms with Crippen molar-refractivity contribution in [3.63, 3.8) is 0 Å². The molecule has 0 bridgehead atoms. The SMILES string of the molecule is Cc1[nH]cnc1CNOCC(C)C. The van der Waals surface area contributed by atoms with Crippen LogP contribution in [0.3, 0.4) is 0 Å². The fourth-order valence-corrected chi connectivity index (χ4v) is 0.910. The van der Waals surface area contributed by atoms with Crippen molar-refractivity contribution >= 4 is 0 Å². The van der Waals surface area contributed by atoms with Gasteiger partial charge in [0, 0.05) is 5.69 Å². The van der Waals surface area contributed by atoms with E-state index in [1.165, 1.54) is 0 Å². The minimum Gasteiger partial charge on any atom is -0.348 e. The number of hydroxylamine groups is 1. The summed E-state index contributed by atoms with van der Waals surface area (Å²) >= 11 is 0. The average Bonchev–Trinajstić information content (AvgIpc) is 2.45. The summed E-state index contributed by atoms with van der Waals surface area (Å²) in [6.45, 7) is 7.60. The van der Waals surface area contributed by atoms with Crippen molar-refractivity contribution in [3.05, 3.63) is 17.7 Å². The molecule has 0 aliphatic rings. The molecule has 0 saturated heterocycles. The normalized spacial score (nSPS) is 11.1. The summed E-state index contributed by atoms with van der Waals surface area (Å²) in [5.74, 6) is 0.549. The molecule has 0 aliphatic heterocycles. The van der Waals surface area contributed by atoms with E-state index in [-0.39, 0.29) is 0 Å². The number of rotatable bonds is 5. The van der Waals surface area contributed by atoms with Crippen molar-refractivity contribution in [3.8, 4) is 0 Å². The molecule has 4 heteroatoms. The minimum atomic E-state index is 0.549. The molecule has 0 spiro atoms. The number of aryl methyl sites for hydroxylation is 1. The van der Waals surface area contributed by atoms with Crippen LogP contribution in [0.25, 0.3) is 0 Å². The highest BCUT2D eigenvalue weighted by molar-refractivity contribution is 5.07. The van der Waals surface area contributed by atoms with E-state index in [0.717, 1.165) is 18.0 Å². The summed E-state index contributed by atoms with van der Waals surface area (Å²) in [6.07, 6.45) is 1.69. The van der Waals surface area contributed by atoms with Gasteiger partial charge in [0.2, 0.25) is 0 Å². The van der Waals surface area contributed by atoms with Gasteiger partial charge in [0.25, 0.3) is 0 Å². The molecule has 1 aromatic heterocycles. The molecular formula is C9H17N3O. The van der Waals surface area contributed by atoms with Crippen molar-refractivity contribution < 1.29 is 4.84 Å². The standard InChI is InChI=1S/C9H17N3O/c1-7(2)5-13-12-4-9-8(3)10-6-11-9/h6-7,12H,4-5H2,1-3H3,(H,10,11). The molecule has 0 radical (unpaired) electrons. The Bertz CT molecular complexity index is 245.